The number of carbonyl (C=O) groups is 1. The van der Waals surface area contributed by atoms with Gasteiger partial charge in [0.1, 0.15) is 5.15 Å². The van der Waals surface area contributed by atoms with Crippen molar-refractivity contribution in [2.45, 2.75) is 13.0 Å². The Morgan fingerprint density at radius 1 is 1.44 bits per heavy atom. The maximum atomic E-state index is 12.4. The third-order valence-corrected chi connectivity index (χ3v) is 3.65. The molecule has 0 aliphatic carbocycles. The molecule has 1 aliphatic rings. The molecule has 1 saturated heterocycles. The van der Waals surface area contributed by atoms with Gasteiger partial charge in [-0.2, -0.15) is 0 Å². The number of piperazine rings is 1. The minimum absolute atomic E-state index is 0.0788. The Hall–Kier alpha value is -0.840. The van der Waals surface area contributed by atoms with Crippen LogP contribution in [0.2, 0.25) is 10.2 Å². The van der Waals surface area contributed by atoms with Gasteiger partial charge in [0.15, 0.2) is 0 Å². The molecule has 6 heteroatoms. The molecule has 1 aromatic heterocycles. The van der Waals surface area contributed by atoms with Gasteiger partial charge in [-0.1, -0.05) is 23.2 Å². The molecule has 1 atom stereocenters. The number of hydrogen-bond donors (Lipinski definition) is 0. The Labute approximate surface area is 116 Å². The van der Waals surface area contributed by atoms with Gasteiger partial charge in [-0.05, 0) is 20.0 Å². The van der Waals surface area contributed by atoms with Crippen molar-refractivity contribution >= 4 is 29.1 Å². The first-order chi connectivity index (χ1) is 8.49. The zero-order valence-electron chi connectivity index (χ0n) is 10.4. The second-order valence-electron chi connectivity index (χ2n) is 4.60. The summed E-state index contributed by atoms with van der Waals surface area (Å²) in [5.74, 6) is -0.0788. The molecule has 1 aromatic rings. The number of amides is 1. The predicted octanol–water partition coefficient (Wildman–Crippen LogP) is 2.16. The smallest absolute Gasteiger partial charge is 0.255 e. The molecule has 0 aromatic carbocycles. The molecular weight excluding hydrogens is 273 g/mol. The summed E-state index contributed by atoms with van der Waals surface area (Å²) in [4.78, 5) is 20.3. The summed E-state index contributed by atoms with van der Waals surface area (Å²) in [6, 6.07) is 1.69. The lowest BCUT2D eigenvalue weighted by atomic mass is 10.1. The van der Waals surface area contributed by atoms with Crippen molar-refractivity contribution in [2.75, 3.05) is 26.7 Å². The normalized spacial score (nSPS) is 21.1. The number of halogens is 2. The van der Waals surface area contributed by atoms with E-state index < -0.39 is 0 Å². The third-order valence-electron chi connectivity index (χ3n) is 3.14. The van der Waals surface area contributed by atoms with Crippen LogP contribution in [0.25, 0.3) is 0 Å². The summed E-state index contributed by atoms with van der Waals surface area (Å²) in [6.45, 7) is 4.46. The summed E-state index contributed by atoms with van der Waals surface area (Å²) in [5, 5.41) is 0.625. The molecule has 0 N–H and O–H groups in total. The zero-order valence-corrected chi connectivity index (χ0v) is 11.9. The highest BCUT2D eigenvalue weighted by Crippen LogP contribution is 2.21. The monoisotopic (exact) mass is 287 g/mol. The van der Waals surface area contributed by atoms with Crippen LogP contribution in [0.3, 0.4) is 0 Å². The van der Waals surface area contributed by atoms with Gasteiger partial charge in [-0.25, -0.2) is 4.98 Å². The average molecular weight is 288 g/mol. The van der Waals surface area contributed by atoms with Gasteiger partial charge in [0.25, 0.3) is 5.91 Å². The second-order valence-corrected chi connectivity index (χ2v) is 5.39. The van der Waals surface area contributed by atoms with Crippen LogP contribution in [0, 0.1) is 0 Å². The van der Waals surface area contributed by atoms with Crippen LogP contribution < -0.4 is 0 Å². The van der Waals surface area contributed by atoms with Gasteiger partial charge < -0.3 is 9.80 Å². The lowest BCUT2D eigenvalue weighted by Gasteiger charge is -2.38. The maximum absolute atomic E-state index is 12.4. The molecule has 1 aliphatic heterocycles. The number of rotatable bonds is 1. The Balaban J connectivity index is 2.23. The predicted molar refractivity (Wildman–Crippen MR) is 72.3 cm³/mol. The molecule has 0 bridgehead atoms. The van der Waals surface area contributed by atoms with Crippen LogP contribution in [0.4, 0.5) is 0 Å². The van der Waals surface area contributed by atoms with Crippen LogP contribution >= 0.6 is 23.2 Å². The fourth-order valence-electron chi connectivity index (χ4n) is 2.17. The highest BCUT2D eigenvalue weighted by molar-refractivity contribution is 6.35. The van der Waals surface area contributed by atoms with Gasteiger partial charge >= 0.3 is 0 Å². The molecule has 18 heavy (non-hydrogen) atoms. The second kappa shape index (κ2) is 5.43. The molecule has 1 unspecified atom stereocenters. The van der Waals surface area contributed by atoms with Gasteiger partial charge in [0.2, 0.25) is 0 Å². The number of pyridine rings is 1. The van der Waals surface area contributed by atoms with Gasteiger partial charge in [0, 0.05) is 31.9 Å². The van der Waals surface area contributed by atoms with Crippen molar-refractivity contribution in [3.63, 3.8) is 0 Å². The van der Waals surface area contributed by atoms with Crippen molar-refractivity contribution in [3.05, 3.63) is 28.0 Å². The van der Waals surface area contributed by atoms with E-state index in [1.165, 1.54) is 12.3 Å². The van der Waals surface area contributed by atoms with E-state index >= 15 is 0 Å². The molecule has 98 valence electrons. The zero-order chi connectivity index (χ0) is 13.3. The highest BCUT2D eigenvalue weighted by atomic mass is 35.5. The molecule has 1 fully saturated rings. The van der Waals surface area contributed by atoms with Crippen LogP contribution in [0.5, 0.6) is 0 Å². The molecule has 2 rings (SSSR count). The molecule has 0 saturated carbocycles. The first kappa shape index (κ1) is 13.6. The molecular formula is C12H15Cl2N3O. The SMILES string of the molecule is CC1CN(C)CCN1C(=O)c1cc(Cl)ncc1Cl. The number of nitrogens with zero attached hydrogens (tertiary/aromatic N) is 3. The fraction of sp³-hybridized carbons (Fsp3) is 0.500. The van der Waals surface area contributed by atoms with Crippen LogP contribution in [-0.4, -0.2) is 53.4 Å². The topological polar surface area (TPSA) is 36.4 Å². The van der Waals surface area contributed by atoms with E-state index in [0.717, 1.165) is 13.1 Å². The average Bonchev–Trinajstić information content (AvgIpc) is 2.31. The Morgan fingerprint density at radius 2 is 2.17 bits per heavy atom. The largest absolute Gasteiger partial charge is 0.333 e. The van der Waals surface area contributed by atoms with E-state index in [0.29, 0.717) is 17.1 Å². The molecule has 2 heterocycles. The van der Waals surface area contributed by atoms with Crippen molar-refractivity contribution in [3.8, 4) is 0 Å². The van der Waals surface area contributed by atoms with Crippen molar-refractivity contribution in [1.82, 2.24) is 14.8 Å². The summed E-state index contributed by atoms with van der Waals surface area (Å²) < 4.78 is 0. The van der Waals surface area contributed by atoms with Crippen molar-refractivity contribution in [1.29, 1.82) is 0 Å². The van der Waals surface area contributed by atoms with Crippen LogP contribution in [-0.2, 0) is 0 Å². The summed E-state index contributed by atoms with van der Waals surface area (Å²) in [7, 11) is 2.05. The van der Waals surface area contributed by atoms with E-state index in [4.69, 9.17) is 23.2 Å². The third kappa shape index (κ3) is 2.76. The van der Waals surface area contributed by atoms with E-state index in [1.807, 2.05) is 11.8 Å². The van der Waals surface area contributed by atoms with E-state index in [1.54, 1.807) is 0 Å². The van der Waals surface area contributed by atoms with Gasteiger partial charge in [-0.3, -0.25) is 4.79 Å². The number of hydrogen-bond acceptors (Lipinski definition) is 3. The summed E-state index contributed by atoms with van der Waals surface area (Å²) in [6.07, 6.45) is 1.41. The molecule has 1 amide bonds. The van der Waals surface area contributed by atoms with Crippen molar-refractivity contribution in [2.24, 2.45) is 0 Å². The van der Waals surface area contributed by atoms with Crippen LogP contribution in [0.1, 0.15) is 17.3 Å². The first-order valence-corrected chi connectivity index (χ1v) is 6.55. The minimum Gasteiger partial charge on any atom is -0.333 e. The van der Waals surface area contributed by atoms with E-state index in [-0.39, 0.29) is 17.1 Å². The quantitative estimate of drug-likeness (QED) is 0.743. The summed E-state index contributed by atoms with van der Waals surface area (Å²) in [5.41, 5.74) is 0.424. The molecule has 4 nitrogen and oxygen atoms in total. The van der Waals surface area contributed by atoms with Gasteiger partial charge in [0.05, 0.1) is 10.6 Å². The van der Waals surface area contributed by atoms with E-state index in [9.17, 15) is 4.79 Å². The van der Waals surface area contributed by atoms with Gasteiger partial charge in [-0.15, -0.1) is 0 Å². The minimum atomic E-state index is -0.0788. The Bertz CT molecular complexity index is 467. The fourth-order valence-corrected chi connectivity index (χ4v) is 2.52. The summed E-state index contributed by atoms with van der Waals surface area (Å²) >= 11 is 11.8. The molecule has 0 radical (unpaired) electrons. The van der Waals surface area contributed by atoms with Crippen molar-refractivity contribution < 1.29 is 4.79 Å². The first-order valence-electron chi connectivity index (χ1n) is 5.79. The molecule has 0 spiro atoms. The Morgan fingerprint density at radius 3 is 2.83 bits per heavy atom. The number of carbonyl (C=O) groups excluding carboxylic acids is 1. The maximum Gasteiger partial charge on any atom is 0.255 e. The van der Waals surface area contributed by atoms with Crippen LogP contribution in [0.15, 0.2) is 12.3 Å². The number of likely N-dealkylation sites (N-methyl/N-ethyl adjacent to an activating group) is 1. The Kier molecular flexibility index (Phi) is 4.10. The standard InChI is InChI=1S/C12H15Cl2N3O/c1-8-7-16(2)3-4-17(8)12(18)9-5-11(14)15-6-10(9)13/h5-6,8H,3-4,7H2,1-2H3. The lowest BCUT2D eigenvalue weighted by molar-refractivity contribution is 0.0533. The lowest BCUT2D eigenvalue weighted by Crippen LogP contribution is -2.52. The van der Waals surface area contributed by atoms with E-state index in [2.05, 4.69) is 16.9 Å². The number of aromatic nitrogens is 1. The highest BCUT2D eigenvalue weighted by Gasteiger charge is 2.27.